The van der Waals surface area contributed by atoms with Crippen LogP contribution in [0.3, 0.4) is 0 Å². The van der Waals surface area contributed by atoms with Crippen LogP contribution in [0.15, 0.2) is 54.7 Å². The number of methoxy groups -OCH3 is 2. The highest BCUT2D eigenvalue weighted by Gasteiger charge is 2.24. The predicted molar refractivity (Wildman–Crippen MR) is 135 cm³/mol. The SMILES string of the molecule is COc1cc(NC(=O)Nc2ccc(C3CCN(C(=O)Nc4ncc(F)cc4F)CC3)cc2)cc(OC)c1. The molecule has 194 valence electrons. The van der Waals surface area contributed by atoms with Crippen LogP contribution in [0.25, 0.3) is 0 Å². The van der Waals surface area contributed by atoms with Gasteiger partial charge in [-0.15, -0.1) is 0 Å². The van der Waals surface area contributed by atoms with Gasteiger partial charge in [0.05, 0.1) is 20.4 Å². The van der Waals surface area contributed by atoms with Crippen molar-refractivity contribution >= 4 is 29.3 Å². The van der Waals surface area contributed by atoms with Gasteiger partial charge in [0.15, 0.2) is 11.6 Å². The lowest BCUT2D eigenvalue weighted by Gasteiger charge is -2.32. The number of nitrogens with zero attached hydrogens (tertiary/aromatic N) is 2. The summed E-state index contributed by atoms with van der Waals surface area (Å²) in [5, 5.41) is 7.94. The van der Waals surface area contributed by atoms with Crippen LogP contribution in [0.1, 0.15) is 24.3 Å². The van der Waals surface area contributed by atoms with Crippen LogP contribution in [-0.2, 0) is 0 Å². The zero-order valence-corrected chi connectivity index (χ0v) is 20.4. The van der Waals surface area contributed by atoms with E-state index in [9.17, 15) is 18.4 Å². The van der Waals surface area contributed by atoms with Crippen molar-refractivity contribution in [3.8, 4) is 11.5 Å². The third-order valence-corrected chi connectivity index (χ3v) is 6.06. The Morgan fingerprint density at radius 2 is 1.51 bits per heavy atom. The van der Waals surface area contributed by atoms with E-state index >= 15 is 0 Å². The second kappa shape index (κ2) is 11.5. The molecule has 2 aromatic carbocycles. The topological polar surface area (TPSA) is 105 Å². The number of rotatable bonds is 6. The minimum atomic E-state index is -0.922. The first-order chi connectivity index (χ1) is 17.8. The number of aromatic nitrogens is 1. The minimum absolute atomic E-state index is 0.233. The lowest BCUT2D eigenvalue weighted by molar-refractivity contribution is 0.194. The van der Waals surface area contributed by atoms with Gasteiger partial charge in [0, 0.05) is 48.7 Å². The fraction of sp³-hybridized carbons (Fsp3) is 0.269. The van der Waals surface area contributed by atoms with Gasteiger partial charge < -0.3 is 25.0 Å². The largest absolute Gasteiger partial charge is 0.497 e. The zero-order valence-electron chi connectivity index (χ0n) is 20.4. The fourth-order valence-corrected chi connectivity index (χ4v) is 4.11. The van der Waals surface area contributed by atoms with Crippen LogP contribution < -0.4 is 25.4 Å². The van der Waals surface area contributed by atoms with Crippen molar-refractivity contribution in [3.05, 3.63) is 71.9 Å². The number of benzene rings is 2. The second-order valence-corrected chi connectivity index (χ2v) is 8.48. The van der Waals surface area contributed by atoms with Crippen LogP contribution in [-0.4, -0.2) is 49.3 Å². The predicted octanol–water partition coefficient (Wildman–Crippen LogP) is 5.43. The molecule has 37 heavy (non-hydrogen) atoms. The average molecular weight is 512 g/mol. The number of nitrogens with one attached hydrogen (secondary N) is 3. The molecule has 0 bridgehead atoms. The van der Waals surface area contributed by atoms with Gasteiger partial charge in [-0.25, -0.2) is 23.4 Å². The highest BCUT2D eigenvalue weighted by Crippen LogP contribution is 2.30. The number of piperidine rings is 1. The van der Waals surface area contributed by atoms with E-state index in [1.807, 2.05) is 24.3 Å². The maximum atomic E-state index is 13.8. The smallest absolute Gasteiger partial charge is 0.323 e. The fourth-order valence-electron chi connectivity index (χ4n) is 4.11. The summed E-state index contributed by atoms with van der Waals surface area (Å²) in [6.07, 6.45) is 2.29. The van der Waals surface area contributed by atoms with Crippen LogP contribution in [0.4, 0.5) is 35.6 Å². The molecule has 0 saturated carbocycles. The molecular formula is C26H27F2N5O4. The van der Waals surface area contributed by atoms with E-state index in [0.717, 1.165) is 24.6 Å². The lowest BCUT2D eigenvalue weighted by atomic mass is 9.89. The Morgan fingerprint density at radius 1 is 0.892 bits per heavy atom. The summed E-state index contributed by atoms with van der Waals surface area (Å²) in [6, 6.07) is 12.4. The first-order valence-corrected chi connectivity index (χ1v) is 11.6. The van der Waals surface area contributed by atoms with Crippen LogP contribution >= 0.6 is 0 Å². The number of pyridine rings is 1. The maximum absolute atomic E-state index is 13.8. The van der Waals surface area contributed by atoms with Gasteiger partial charge in [0.1, 0.15) is 17.3 Å². The number of hydrogen-bond acceptors (Lipinski definition) is 5. The van der Waals surface area contributed by atoms with Crippen molar-refractivity contribution in [2.45, 2.75) is 18.8 Å². The van der Waals surface area contributed by atoms with Gasteiger partial charge in [-0.05, 0) is 36.5 Å². The van der Waals surface area contributed by atoms with Gasteiger partial charge in [0.2, 0.25) is 0 Å². The van der Waals surface area contributed by atoms with Crippen LogP contribution in [0.5, 0.6) is 11.5 Å². The van der Waals surface area contributed by atoms with E-state index in [2.05, 4.69) is 20.9 Å². The van der Waals surface area contributed by atoms with Gasteiger partial charge >= 0.3 is 12.1 Å². The molecule has 4 rings (SSSR count). The number of likely N-dealkylation sites (tertiary alicyclic amines) is 1. The Labute approximate surface area is 212 Å². The van der Waals surface area contributed by atoms with E-state index in [1.165, 1.54) is 14.2 Å². The standard InChI is InChI=1S/C26H27F2N5O4/c1-36-21-12-20(13-22(14-21)37-2)31-25(34)30-19-5-3-16(4-6-19)17-7-9-33(10-8-17)26(35)32-24-23(28)11-18(27)15-29-24/h3-6,11-15,17H,7-10H2,1-2H3,(H,29,32,35)(H2,30,31,34). The van der Waals surface area contributed by atoms with Crippen molar-refractivity contribution in [2.24, 2.45) is 0 Å². The number of ether oxygens (including phenoxy) is 2. The first-order valence-electron chi connectivity index (χ1n) is 11.6. The van der Waals surface area contributed by atoms with Crippen molar-refractivity contribution in [2.75, 3.05) is 43.3 Å². The van der Waals surface area contributed by atoms with Crippen molar-refractivity contribution < 1.29 is 27.8 Å². The Hall–Kier alpha value is -4.41. The number of hydrogen-bond donors (Lipinski definition) is 3. The van der Waals surface area contributed by atoms with Gasteiger partial charge in [-0.1, -0.05) is 12.1 Å². The molecule has 1 aliphatic heterocycles. The summed E-state index contributed by atoms with van der Waals surface area (Å²) in [7, 11) is 3.07. The molecule has 0 radical (unpaired) electrons. The third kappa shape index (κ3) is 6.63. The molecule has 3 aromatic rings. The number of urea groups is 2. The monoisotopic (exact) mass is 511 g/mol. The van der Waals surface area contributed by atoms with E-state index in [0.29, 0.717) is 42.0 Å². The van der Waals surface area contributed by atoms with Crippen LogP contribution in [0.2, 0.25) is 0 Å². The molecule has 1 aromatic heterocycles. The van der Waals surface area contributed by atoms with Gasteiger partial charge in [-0.2, -0.15) is 0 Å². The molecule has 3 N–H and O–H groups in total. The van der Waals surface area contributed by atoms with Gasteiger partial charge in [0.25, 0.3) is 0 Å². The Morgan fingerprint density at radius 3 is 2.11 bits per heavy atom. The summed E-state index contributed by atoms with van der Waals surface area (Å²) in [4.78, 5) is 30.1. The normalized spacial score (nSPS) is 13.6. The molecule has 1 aliphatic rings. The summed E-state index contributed by atoms with van der Waals surface area (Å²) < 4.78 is 37.2. The van der Waals surface area contributed by atoms with Gasteiger partial charge in [-0.3, -0.25) is 5.32 Å². The molecule has 0 spiro atoms. The van der Waals surface area contributed by atoms with Crippen molar-refractivity contribution in [1.82, 2.24) is 9.88 Å². The second-order valence-electron chi connectivity index (χ2n) is 8.48. The average Bonchev–Trinajstić information content (AvgIpc) is 2.90. The molecule has 11 heteroatoms. The number of halogens is 2. The minimum Gasteiger partial charge on any atom is -0.497 e. The summed E-state index contributed by atoms with van der Waals surface area (Å²) in [5.74, 6) is -0.684. The summed E-state index contributed by atoms with van der Waals surface area (Å²) >= 11 is 0. The molecule has 0 atom stereocenters. The molecule has 9 nitrogen and oxygen atoms in total. The van der Waals surface area contributed by atoms with E-state index in [1.54, 1.807) is 23.1 Å². The summed E-state index contributed by atoms with van der Waals surface area (Å²) in [6.45, 7) is 0.956. The Bertz CT molecular complexity index is 1240. The van der Waals surface area contributed by atoms with Crippen LogP contribution in [0, 0.1) is 11.6 Å². The quantitative estimate of drug-likeness (QED) is 0.409. The number of anilines is 3. The zero-order chi connectivity index (χ0) is 26.4. The Balaban J connectivity index is 1.28. The highest BCUT2D eigenvalue weighted by atomic mass is 19.1. The molecule has 2 heterocycles. The lowest BCUT2D eigenvalue weighted by Crippen LogP contribution is -2.40. The van der Waals surface area contributed by atoms with Crippen molar-refractivity contribution in [3.63, 3.8) is 0 Å². The summed E-state index contributed by atoms with van der Waals surface area (Å²) in [5.41, 5.74) is 2.25. The Kier molecular flexibility index (Phi) is 8.02. The molecule has 4 amide bonds. The third-order valence-electron chi connectivity index (χ3n) is 6.06. The first kappa shape index (κ1) is 25.7. The maximum Gasteiger partial charge on any atom is 0.323 e. The molecular weight excluding hydrogens is 484 g/mol. The van der Waals surface area contributed by atoms with E-state index in [4.69, 9.17) is 9.47 Å². The number of carbonyl (C=O) groups is 2. The van der Waals surface area contributed by atoms with Crippen molar-refractivity contribution in [1.29, 1.82) is 0 Å². The molecule has 0 unspecified atom stereocenters. The number of amides is 4. The van der Waals surface area contributed by atoms with E-state index < -0.39 is 23.7 Å². The molecule has 0 aliphatic carbocycles. The number of carbonyl (C=O) groups excluding carboxylic acids is 2. The van der Waals surface area contributed by atoms with E-state index in [-0.39, 0.29) is 11.7 Å². The highest BCUT2D eigenvalue weighted by molar-refractivity contribution is 6.00. The molecule has 1 saturated heterocycles. The molecule has 1 fully saturated rings.